The topological polar surface area (TPSA) is 88.1 Å². The second-order valence-electron chi connectivity index (χ2n) is 11.7. The summed E-state index contributed by atoms with van der Waals surface area (Å²) in [4.78, 5) is 39.4. The van der Waals surface area contributed by atoms with Crippen molar-refractivity contribution in [2.75, 3.05) is 14.2 Å². The number of benzene rings is 2. The smallest absolute Gasteiger partial charge is 0.432 e. The van der Waals surface area contributed by atoms with E-state index >= 15 is 0 Å². The summed E-state index contributed by atoms with van der Waals surface area (Å²) < 4.78 is 65.3. The highest BCUT2D eigenvalue weighted by molar-refractivity contribution is 6.74. The standard InChI is InChI=1S/C32H41F3O7Si/c1-22(27(37)28(23-16-11-9-12-17-23)42-43(7,8)30(2,3)4)25(20-15-21-26(36)39-5)41-29(38)31(40-6,32(33,34)35)24-18-13-10-14-19-24/h9-19,21-22,25,28H,20H2,1-8H3/b21-15+/t22-,25+,28+,31-/m0/s1. The molecule has 2 aromatic carbocycles. The van der Waals surface area contributed by atoms with Gasteiger partial charge in [-0.05, 0) is 23.7 Å². The van der Waals surface area contributed by atoms with Gasteiger partial charge in [-0.25, -0.2) is 9.59 Å². The summed E-state index contributed by atoms with van der Waals surface area (Å²) in [6.45, 7) is 11.5. The Labute approximate surface area is 252 Å². The van der Waals surface area contributed by atoms with Gasteiger partial charge in [-0.1, -0.05) is 94.4 Å². The number of alkyl halides is 3. The number of methoxy groups -OCH3 is 2. The Morgan fingerprint density at radius 2 is 1.44 bits per heavy atom. The molecule has 0 amide bonds. The van der Waals surface area contributed by atoms with Crippen molar-refractivity contribution in [1.82, 2.24) is 0 Å². The summed E-state index contributed by atoms with van der Waals surface area (Å²) in [5.74, 6) is -4.11. The van der Waals surface area contributed by atoms with E-state index in [2.05, 4.69) is 4.74 Å². The molecule has 0 aliphatic heterocycles. The number of hydrogen-bond acceptors (Lipinski definition) is 7. The van der Waals surface area contributed by atoms with Crippen LogP contribution in [0.4, 0.5) is 13.2 Å². The van der Waals surface area contributed by atoms with E-state index in [0.717, 1.165) is 32.4 Å². The van der Waals surface area contributed by atoms with Crippen LogP contribution >= 0.6 is 0 Å². The van der Waals surface area contributed by atoms with E-state index in [1.54, 1.807) is 30.3 Å². The summed E-state index contributed by atoms with van der Waals surface area (Å²) in [6, 6.07) is 15.2. The van der Waals surface area contributed by atoms with E-state index in [9.17, 15) is 27.6 Å². The number of esters is 2. The molecule has 0 saturated carbocycles. The lowest BCUT2D eigenvalue weighted by Crippen LogP contribution is -2.53. The number of ketones is 1. The van der Waals surface area contributed by atoms with Crippen LogP contribution in [0.5, 0.6) is 0 Å². The van der Waals surface area contributed by atoms with Gasteiger partial charge in [0.1, 0.15) is 12.2 Å². The van der Waals surface area contributed by atoms with Crippen molar-refractivity contribution < 1.29 is 46.2 Å². The summed E-state index contributed by atoms with van der Waals surface area (Å²) >= 11 is 0. The number of rotatable bonds is 13. The zero-order valence-corrected chi connectivity index (χ0v) is 26.9. The Morgan fingerprint density at radius 3 is 1.91 bits per heavy atom. The molecule has 7 nitrogen and oxygen atoms in total. The molecular weight excluding hydrogens is 581 g/mol. The number of halogens is 3. The van der Waals surface area contributed by atoms with Crippen LogP contribution in [0.3, 0.4) is 0 Å². The minimum absolute atomic E-state index is 0.262. The normalized spacial score (nSPS) is 16.2. The predicted octanol–water partition coefficient (Wildman–Crippen LogP) is 7.09. The largest absolute Gasteiger partial charge is 0.466 e. The van der Waals surface area contributed by atoms with Gasteiger partial charge in [0.2, 0.25) is 0 Å². The molecule has 0 radical (unpaired) electrons. The highest BCUT2D eigenvalue weighted by atomic mass is 28.4. The van der Waals surface area contributed by atoms with E-state index in [0.29, 0.717) is 5.56 Å². The predicted molar refractivity (Wildman–Crippen MR) is 158 cm³/mol. The van der Waals surface area contributed by atoms with Crippen molar-refractivity contribution in [3.63, 3.8) is 0 Å². The quantitative estimate of drug-likeness (QED) is 0.134. The summed E-state index contributed by atoms with van der Waals surface area (Å²) in [5, 5.41) is -0.265. The van der Waals surface area contributed by atoms with Gasteiger partial charge in [-0.3, -0.25) is 4.79 Å². The first-order chi connectivity index (χ1) is 19.9. The maximum absolute atomic E-state index is 14.6. The van der Waals surface area contributed by atoms with Crippen molar-refractivity contribution in [2.24, 2.45) is 5.92 Å². The zero-order chi connectivity index (χ0) is 32.6. The maximum Gasteiger partial charge on any atom is 0.432 e. The summed E-state index contributed by atoms with van der Waals surface area (Å²) in [5.41, 5.74) is -3.39. The van der Waals surface area contributed by atoms with Crippen molar-refractivity contribution in [1.29, 1.82) is 0 Å². The Hall–Kier alpha value is -3.28. The van der Waals surface area contributed by atoms with Gasteiger partial charge >= 0.3 is 18.1 Å². The second kappa shape index (κ2) is 14.5. The molecule has 0 aromatic heterocycles. The minimum Gasteiger partial charge on any atom is -0.466 e. The van der Waals surface area contributed by atoms with Gasteiger partial charge in [0.15, 0.2) is 14.1 Å². The highest BCUT2D eigenvalue weighted by Crippen LogP contribution is 2.44. The van der Waals surface area contributed by atoms with Crippen LogP contribution < -0.4 is 0 Å². The number of carbonyl (C=O) groups is 3. The van der Waals surface area contributed by atoms with Crippen LogP contribution in [0.2, 0.25) is 18.1 Å². The number of Topliss-reactive ketones (excluding diaryl/α,β-unsaturated/α-hetero) is 1. The van der Waals surface area contributed by atoms with E-state index in [1.807, 2.05) is 33.9 Å². The first-order valence-electron chi connectivity index (χ1n) is 13.8. The molecule has 0 spiro atoms. The molecule has 4 atom stereocenters. The molecule has 0 unspecified atom stereocenters. The van der Waals surface area contributed by atoms with Gasteiger partial charge in [0, 0.05) is 25.2 Å². The molecule has 2 aromatic rings. The highest BCUT2D eigenvalue weighted by Gasteiger charge is 2.64. The molecule has 43 heavy (non-hydrogen) atoms. The lowest BCUT2D eigenvalue weighted by molar-refractivity contribution is -0.278. The van der Waals surface area contributed by atoms with Crippen molar-refractivity contribution in [3.05, 3.63) is 83.9 Å². The first kappa shape index (κ1) is 35.9. The van der Waals surface area contributed by atoms with E-state index in [1.165, 1.54) is 31.2 Å². The summed E-state index contributed by atoms with van der Waals surface area (Å²) in [6.07, 6.45) is -5.64. The average Bonchev–Trinajstić information content (AvgIpc) is 2.94. The first-order valence-corrected chi connectivity index (χ1v) is 16.7. The Kier molecular flexibility index (Phi) is 12.1. The lowest BCUT2D eigenvalue weighted by Gasteiger charge is -2.40. The third-order valence-corrected chi connectivity index (χ3v) is 12.3. The fraction of sp³-hybridized carbons (Fsp3) is 0.469. The molecule has 2 rings (SSSR count). The van der Waals surface area contributed by atoms with Crippen LogP contribution in [0.15, 0.2) is 72.8 Å². The third kappa shape index (κ3) is 8.42. The van der Waals surface area contributed by atoms with Crippen LogP contribution in [-0.4, -0.2) is 52.5 Å². The van der Waals surface area contributed by atoms with Gasteiger partial charge in [-0.2, -0.15) is 13.2 Å². The van der Waals surface area contributed by atoms with Gasteiger partial charge in [-0.15, -0.1) is 0 Å². The number of ether oxygens (including phenoxy) is 3. The van der Waals surface area contributed by atoms with Crippen LogP contribution in [0.1, 0.15) is 51.3 Å². The molecular formula is C32H41F3O7Si. The molecule has 0 heterocycles. The van der Waals surface area contributed by atoms with E-state index in [-0.39, 0.29) is 11.5 Å². The SMILES string of the molecule is COC(=O)/C=C/C[C@@H](OC(=O)[C@@](OC)(c1ccccc1)C(F)(F)F)[C@H](C)C(=O)[C@H](O[Si](C)(C)C(C)(C)C)c1ccccc1. The molecule has 0 fully saturated rings. The molecule has 0 aliphatic rings. The van der Waals surface area contributed by atoms with E-state index < -0.39 is 61.5 Å². The molecule has 11 heteroatoms. The summed E-state index contributed by atoms with van der Waals surface area (Å²) in [7, 11) is -0.622. The third-order valence-electron chi connectivity index (χ3n) is 7.84. The van der Waals surface area contributed by atoms with Crippen LogP contribution in [0.25, 0.3) is 0 Å². The number of hydrogen-bond donors (Lipinski definition) is 0. The average molecular weight is 623 g/mol. The zero-order valence-electron chi connectivity index (χ0n) is 25.9. The lowest BCUT2D eigenvalue weighted by atomic mass is 9.89. The molecule has 0 saturated heterocycles. The fourth-order valence-corrected chi connectivity index (χ4v) is 5.33. The Bertz CT molecular complexity index is 1260. The number of carbonyl (C=O) groups excluding carboxylic acids is 3. The Balaban J connectivity index is 2.59. The van der Waals surface area contributed by atoms with Gasteiger partial charge in [0.25, 0.3) is 5.60 Å². The van der Waals surface area contributed by atoms with Gasteiger partial charge in [0.05, 0.1) is 13.0 Å². The molecule has 236 valence electrons. The molecule has 0 N–H and O–H groups in total. The van der Waals surface area contributed by atoms with Crippen molar-refractivity contribution in [3.8, 4) is 0 Å². The van der Waals surface area contributed by atoms with Gasteiger partial charge < -0.3 is 18.6 Å². The van der Waals surface area contributed by atoms with Crippen LogP contribution in [0, 0.1) is 5.92 Å². The van der Waals surface area contributed by atoms with Crippen molar-refractivity contribution >= 4 is 26.0 Å². The monoisotopic (exact) mass is 622 g/mol. The maximum atomic E-state index is 14.6. The van der Waals surface area contributed by atoms with E-state index in [4.69, 9.17) is 13.9 Å². The van der Waals surface area contributed by atoms with Crippen molar-refractivity contribution in [2.45, 2.75) is 76.2 Å². The van der Waals surface area contributed by atoms with Crippen LogP contribution in [-0.2, 0) is 38.6 Å². The minimum atomic E-state index is -5.21. The molecule has 0 aliphatic carbocycles. The second-order valence-corrected chi connectivity index (χ2v) is 16.5. The fourth-order valence-electron chi connectivity index (χ4n) is 4.14. The Morgan fingerprint density at radius 1 is 0.907 bits per heavy atom. The molecule has 0 bridgehead atoms.